The monoisotopic (exact) mass is 400 g/mol. The van der Waals surface area contributed by atoms with E-state index in [9.17, 15) is 4.79 Å². The number of amides is 1. The molecule has 0 aliphatic heterocycles. The van der Waals surface area contributed by atoms with Crippen molar-refractivity contribution in [3.8, 4) is 5.88 Å². The van der Waals surface area contributed by atoms with Crippen LogP contribution < -0.4 is 10.1 Å². The van der Waals surface area contributed by atoms with E-state index in [4.69, 9.17) is 21.1 Å². The number of hydrogen-bond acceptors (Lipinski definition) is 4. The Bertz CT molecular complexity index is 846. The summed E-state index contributed by atoms with van der Waals surface area (Å²) in [6.45, 7) is 4.02. The molecule has 1 aromatic heterocycles. The SMILES string of the molecule is CC(C)(NC(=O)OCc1ccccc1)c1cc(Cl)nc(O[C@H]2[C@@H]3CCC[C@@H]32)c1. The Morgan fingerprint density at radius 3 is 2.64 bits per heavy atom. The second-order valence-corrected chi connectivity index (χ2v) is 8.56. The number of fused-ring (bicyclic) bond motifs is 1. The Balaban J connectivity index is 1.39. The fourth-order valence-corrected chi connectivity index (χ4v) is 4.25. The number of pyridine rings is 1. The number of halogens is 1. The molecule has 0 unspecified atom stereocenters. The summed E-state index contributed by atoms with van der Waals surface area (Å²) in [5, 5.41) is 3.26. The maximum atomic E-state index is 12.3. The normalized spacial score (nSPS) is 23.0. The first-order chi connectivity index (χ1) is 13.4. The minimum atomic E-state index is -0.683. The molecule has 1 aromatic carbocycles. The summed E-state index contributed by atoms with van der Waals surface area (Å²) in [6, 6.07) is 13.2. The summed E-state index contributed by atoms with van der Waals surface area (Å²) in [4.78, 5) is 16.6. The molecule has 1 heterocycles. The van der Waals surface area contributed by atoms with Crippen molar-refractivity contribution >= 4 is 17.7 Å². The van der Waals surface area contributed by atoms with E-state index in [0.29, 0.717) is 22.9 Å². The first-order valence-electron chi connectivity index (χ1n) is 9.76. The third-order valence-corrected chi connectivity index (χ3v) is 5.90. The van der Waals surface area contributed by atoms with Crippen molar-refractivity contribution in [1.29, 1.82) is 0 Å². The average Bonchev–Trinajstić information content (AvgIpc) is 3.08. The summed E-state index contributed by atoms with van der Waals surface area (Å²) in [7, 11) is 0. The predicted molar refractivity (Wildman–Crippen MR) is 107 cm³/mol. The number of alkyl carbamates (subject to hydrolysis) is 1. The van der Waals surface area contributed by atoms with Gasteiger partial charge in [-0.1, -0.05) is 48.4 Å². The molecule has 0 saturated heterocycles. The number of aromatic nitrogens is 1. The molecule has 2 aliphatic rings. The third-order valence-electron chi connectivity index (χ3n) is 5.70. The molecule has 2 aliphatic carbocycles. The van der Waals surface area contributed by atoms with Crippen molar-refractivity contribution in [2.75, 3.05) is 0 Å². The molecule has 0 radical (unpaired) electrons. The summed E-state index contributed by atoms with van der Waals surface area (Å²) in [6.07, 6.45) is 3.55. The highest BCUT2D eigenvalue weighted by Crippen LogP contribution is 2.53. The van der Waals surface area contributed by atoms with Gasteiger partial charge >= 0.3 is 6.09 Å². The van der Waals surface area contributed by atoms with E-state index < -0.39 is 11.6 Å². The topological polar surface area (TPSA) is 60.5 Å². The van der Waals surface area contributed by atoms with Gasteiger partial charge in [-0.15, -0.1) is 0 Å². The Kier molecular flexibility index (Phi) is 5.19. The Labute approximate surface area is 170 Å². The molecule has 148 valence electrons. The second-order valence-electron chi connectivity index (χ2n) is 8.17. The van der Waals surface area contributed by atoms with E-state index in [1.807, 2.05) is 50.2 Å². The van der Waals surface area contributed by atoms with Crippen LogP contribution in [0.5, 0.6) is 5.88 Å². The number of rotatable bonds is 6. The number of benzene rings is 1. The van der Waals surface area contributed by atoms with Crippen LogP contribution in [-0.2, 0) is 16.9 Å². The van der Waals surface area contributed by atoms with E-state index in [1.165, 1.54) is 19.3 Å². The molecule has 5 nitrogen and oxygen atoms in total. The number of carbonyl (C=O) groups excluding carboxylic acids is 1. The number of ether oxygens (including phenoxy) is 2. The highest BCUT2D eigenvalue weighted by Gasteiger charge is 2.55. The number of nitrogens with zero attached hydrogens (tertiary/aromatic N) is 1. The summed E-state index contributed by atoms with van der Waals surface area (Å²) >= 11 is 6.22. The van der Waals surface area contributed by atoms with Crippen LogP contribution in [0.2, 0.25) is 5.15 Å². The lowest BCUT2D eigenvalue weighted by molar-refractivity contribution is 0.129. The van der Waals surface area contributed by atoms with Gasteiger partial charge in [0.25, 0.3) is 0 Å². The van der Waals surface area contributed by atoms with Gasteiger partial charge in [-0.2, -0.15) is 0 Å². The lowest BCUT2D eigenvalue weighted by atomic mass is 9.95. The van der Waals surface area contributed by atoms with Gasteiger partial charge in [0.15, 0.2) is 0 Å². The molecule has 0 bridgehead atoms. The smallest absolute Gasteiger partial charge is 0.408 e. The zero-order valence-corrected chi connectivity index (χ0v) is 16.9. The number of carbonyl (C=O) groups is 1. The van der Waals surface area contributed by atoms with Gasteiger partial charge < -0.3 is 14.8 Å². The van der Waals surface area contributed by atoms with Crippen molar-refractivity contribution in [1.82, 2.24) is 10.3 Å². The number of hydrogen-bond donors (Lipinski definition) is 1. The van der Waals surface area contributed by atoms with Gasteiger partial charge in [-0.3, -0.25) is 0 Å². The standard InChI is InChI=1S/C22H25ClN2O3/c1-22(2,25-21(26)27-13-14-7-4-3-5-8-14)15-11-18(23)24-19(12-15)28-20-16-9-6-10-17(16)20/h3-5,7-8,11-12,16-17,20H,6,9-10,13H2,1-2H3,(H,25,26)/t16-,17+,20+. The van der Waals surface area contributed by atoms with Crippen LogP contribution in [0, 0.1) is 11.8 Å². The fourth-order valence-electron chi connectivity index (χ4n) is 4.05. The van der Waals surface area contributed by atoms with E-state index in [-0.39, 0.29) is 12.7 Å². The van der Waals surface area contributed by atoms with Gasteiger partial charge in [0.05, 0.1) is 5.54 Å². The molecule has 1 N–H and O–H groups in total. The van der Waals surface area contributed by atoms with Gasteiger partial charge in [-0.05, 0) is 43.9 Å². The van der Waals surface area contributed by atoms with E-state index >= 15 is 0 Å². The molecule has 6 heteroatoms. The average molecular weight is 401 g/mol. The van der Waals surface area contributed by atoms with E-state index in [2.05, 4.69) is 10.3 Å². The fraction of sp³-hybridized carbons (Fsp3) is 0.455. The van der Waals surface area contributed by atoms with Gasteiger partial charge in [0, 0.05) is 17.9 Å². The first kappa shape index (κ1) is 19.1. The van der Waals surface area contributed by atoms with Crippen LogP contribution in [0.25, 0.3) is 0 Å². The Hall–Kier alpha value is -2.27. The van der Waals surface area contributed by atoms with Crippen molar-refractivity contribution in [2.24, 2.45) is 11.8 Å². The van der Waals surface area contributed by atoms with Crippen LogP contribution in [0.15, 0.2) is 42.5 Å². The highest BCUT2D eigenvalue weighted by molar-refractivity contribution is 6.29. The Morgan fingerprint density at radius 2 is 1.93 bits per heavy atom. The zero-order valence-electron chi connectivity index (χ0n) is 16.2. The van der Waals surface area contributed by atoms with Gasteiger partial charge in [-0.25, -0.2) is 9.78 Å². The Morgan fingerprint density at radius 1 is 1.21 bits per heavy atom. The first-order valence-corrected chi connectivity index (χ1v) is 10.1. The van der Waals surface area contributed by atoms with E-state index in [1.54, 1.807) is 6.07 Å². The maximum absolute atomic E-state index is 12.3. The molecular formula is C22H25ClN2O3. The second kappa shape index (κ2) is 7.63. The summed E-state index contributed by atoms with van der Waals surface area (Å²) in [5.41, 5.74) is 1.08. The molecule has 0 spiro atoms. The lowest BCUT2D eigenvalue weighted by Gasteiger charge is -2.27. The quantitative estimate of drug-likeness (QED) is 0.687. The maximum Gasteiger partial charge on any atom is 0.408 e. The van der Waals surface area contributed by atoms with Crippen LogP contribution in [0.1, 0.15) is 44.2 Å². The molecule has 3 atom stereocenters. The molecule has 2 saturated carbocycles. The van der Waals surface area contributed by atoms with Crippen molar-refractivity contribution < 1.29 is 14.3 Å². The highest BCUT2D eigenvalue weighted by atomic mass is 35.5. The molecule has 2 aromatic rings. The predicted octanol–water partition coefficient (Wildman–Crippen LogP) is 5.07. The lowest BCUT2D eigenvalue weighted by Crippen LogP contribution is -2.41. The largest absolute Gasteiger partial charge is 0.474 e. The minimum absolute atomic E-state index is 0.221. The molecule has 2 fully saturated rings. The van der Waals surface area contributed by atoms with Crippen LogP contribution in [0.4, 0.5) is 4.79 Å². The molecular weight excluding hydrogens is 376 g/mol. The molecule has 1 amide bonds. The zero-order chi connectivity index (χ0) is 19.7. The third kappa shape index (κ3) is 4.25. The van der Waals surface area contributed by atoms with Crippen molar-refractivity contribution in [3.63, 3.8) is 0 Å². The van der Waals surface area contributed by atoms with Crippen molar-refractivity contribution in [3.05, 3.63) is 58.7 Å². The minimum Gasteiger partial charge on any atom is -0.474 e. The van der Waals surface area contributed by atoms with E-state index in [0.717, 1.165) is 11.1 Å². The number of nitrogens with one attached hydrogen (secondary N) is 1. The summed E-state index contributed by atoms with van der Waals surface area (Å²) < 4.78 is 11.4. The van der Waals surface area contributed by atoms with Crippen LogP contribution in [0.3, 0.4) is 0 Å². The van der Waals surface area contributed by atoms with Gasteiger partial charge in [0.1, 0.15) is 17.9 Å². The van der Waals surface area contributed by atoms with Gasteiger partial charge in [0.2, 0.25) is 5.88 Å². The van der Waals surface area contributed by atoms with Crippen molar-refractivity contribution in [2.45, 2.75) is 51.4 Å². The summed E-state index contributed by atoms with van der Waals surface area (Å²) in [5.74, 6) is 1.86. The van der Waals surface area contributed by atoms with Crippen LogP contribution in [-0.4, -0.2) is 17.2 Å². The molecule has 28 heavy (non-hydrogen) atoms. The van der Waals surface area contributed by atoms with Crippen LogP contribution >= 0.6 is 11.6 Å². The molecule has 4 rings (SSSR count).